The SMILES string of the molecule is Cc1sc(C(=O)Nc2cccc(F)c2)cc1S(=O)(=O)N1CCCC1. The number of amides is 1. The van der Waals surface area contributed by atoms with Crippen LogP contribution in [0.2, 0.25) is 0 Å². The van der Waals surface area contributed by atoms with Gasteiger partial charge in [0.1, 0.15) is 5.82 Å². The molecule has 1 amide bonds. The monoisotopic (exact) mass is 368 g/mol. The third-order valence-electron chi connectivity index (χ3n) is 3.86. The van der Waals surface area contributed by atoms with Crippen molar-refractivity contribution in [3.8, 4) is 0 Å². The first-order valence-electron chi connectivity index (χ1n) is 7.55. The molecular weight excluding hydrogens is 351 g/mol. The molecule has 1 aliphatic heterocycles. The van der Waals surface area contributed by atoms with Gasteiger partial charge in [-0.1, -0.05) is 6.07 Å². The van der Waals surface area contributed by atoms with E-state index in [1.54, 1.807) is 13.0 Å². The topological polar surface area (TPSA) is 66.5 Å². The van der Waals surface area contributed by atoms with E-state index in [1.165, 1.54) is 28.6 Å². The van der Waals surface area contributed by atoms with Crippen molar-refractivity contribution in [3.63, 3.8) is 0 Å². The van der Waals surface area contributed by atoms with Gasteiger partial charge in [0, 0.05) is 23.7 Å². The van der Waals surface area contributed by atoms with Gasteiger partial charge < -0.3 is 5.32 Å². The van der Waals surface area contributed by atoms with Crippen molar-refractivity contribution in [2.24, 2.45) is 0 Å². The van der Waals surface area contributed by atoms with E-state index in [0.29, 0.717) is 23.7 Å². The number of thiophene rings is 1. The van der Waals surface area contributed by atoms with Crippen molar-refractivity contribution in [2.75, 3.05) is 18.4 Å². The lowest BCUT2D eigenvalue weighted by Gasteiger charge is -2.14. The average molecular weight is 368 g/mol. The molecule has 1 aliphatic rings. The lowest BCUT2D eigenvalue weighted by atomic mass is 10.3. The summed E-state index contributed by atoms with van der Waals surface area (Å²) in [5.41, 5.74) is 0.329. The van der Waals surface area contributed by atoms with Gasteiger partial charge in [-0.2, -0.15) is 4.31 Å². The van der Waals surface area contributed by atoms with E-state index < -0.39 is 21.7 Å². The number of carbonyl (C=O) groups is 1. The molecule has 1 fully saturated rings. The molecule has 1 N–H and O–H groups in total. The number of halogens is 1. The van der Waals surface area contributed by atoms with Gasteiger partial charge in [-0.05, 0) is 44.0 Å². The highest BCUT2D eigenvalue weighted by Gasteiger charge is 2.30. The molecule has 0 bridgehead atoms. The first kappa shape index (κ1) is 17.1. The van der Waals surface area contributed by atoms with E-state index in [1.807, 2.05) is 0 Å². The number of carbonyl (C=O) groups excluding carboxylic acids is 1. The Kier molecular flexibility index (Phi) is 4.71. The minimum absolute atomic E-state index is 0.179. The largest absolute Gasteiger partial charge is 0.321 e. The Morgan fingerprint density at radius 1 is 1.25 bits per heavy atom. The molecular formula is C16H17FN2O3S2. The van der Waals surface area contributed by atoms with Gasteiger partial charge in [0.2, 0.25) is 10.0 Å². The van der Waals surface area contributed by atoms with Gasteiger partial charge in [0.15, 0.2) is 0 Å². The lowest BCUT2D eigenvalue weighted by Crippen LogP contribution is -2.28. The molecule has 1 saturated heterocycles. The van der Waals surface area contributed by atoms with Crippen LogP contribution in [0, 0.1) is 12.7 Å². The van der Waals surface area contributed by atoms with Crippen LogP contribution >= 0.6 is 11.3 Å². The van der Waals surface area contributed by atoms with Crippen LogP contribution in [0.15, 0.2) is 35.2 Å². The lowest BCUT2D eigenvalue weighted by molar-refractivity contribution is 0.103. The molecule has 0 atom stereocenters. The fourth-order valence-corrected chi connectivity index (χ4v) is 5.63. The van der Waals surface area contributed by atoms with E-state index in [4.69, 9.17) is 0 Å². The van der Waals surface area contributed by atoms with E-state index in [0.717, 1.165) is 24.2 Å². The Hall–Kier alpha value is -1.77. The van der Waals surface area contributed by atoms with Crippen molar-refractivity contribution < 1.29 is 17.6 Å². The summed E-state index contributed by atoms with van der Waals surface area (Å²) in [6, 6.07) is 6.96. The predicted octanol–water partition coefficient (Wildman–Crippen LogP) is 3.23. The second-order valence-corrected chi connectivity index (χ2v) is 8.77. The Morgan fingerprint density at radius 3 is 2.62 bits per heavy atom. The number of rotatable bonds is 4. The smallest absolute Gasteiger partial charge is 0.265 e. The fraction of sp³-hybridized carbons (Fsp3) is 0.312. The van der Waals surface area contributed by atoms with Crippen LogP contribution in [0.4, 0.5) is 10.1 Å². The van der Waals surface area contributed by atoms with Crippen LogP contribution in [0.1, 0.15) is 27.4 Å². The summed E-state index contributed by atoms with van der Waals surface area (Å²) in [6.45, 7) is 2.72. The maximum absolute atomic E-state index is 13.2. The normalized spacial score (nSPS) is 15.6. The van der Waals surface area contributed by atoms with Crippen LogP contribution in [0.25, 0.3) is 0 Å². The number of anilines is 1. The molecule has 8 heteroatoms. The predicted molar refractivity (Wildman–Crippen MR) is 91.4 cm³/mol. The van der Waals surface area contributed by atoms with Crippen molar-refractivity contribution in [1.29, 1.82) is 0 Å². The quantitative estimate of drug-likeness (QED) is 0.901. The number of benzene rings is 1. The minimum atomic E-state index is -3.56. The first-order chi connectivity index (χ1) is 11.4. The minimum Gasteiger partial charge on any atom is -0.321 e. The summed E-state index contributed by atoms with van der Waals surface area (Å²) >= 11 is 1.12. The second-order valence-electron chi connectivity index (χ2n) is 5.61. The Morgan fingerprint density at radius 2 is 1.96 bits per heavy atom. The number of hydrogen-bond donors (Lipinski definition) is 1. The van der Waals surface area contributed by atoms with Crippen LogP contribution in [-0.2, 0) is 10.0 Å². The first-order valence-corrected chi connectivity index (χ1v) is 9.81. The van der Waals surface area contributed by atoms with Gasteiger partial charge in [0.25, 0.3) is 5.91 Å². The molecule has 0 unspecified atom stereocenters. The molecule has 0 radical (unpaired) electrons. The van der Waals surface area contributed by atoms with E-state index in [2.05, 4.69) is 5.32 Å². The Bertz CT molecular complexity index is 871. The molecule has 2 heterocycles. The highest BCUT2D eigenvalue weighted by atomic mass is 32.2. The highest BCUT2D eigenvalue weighted by Crippen LogP contribution is 2.30. The van der Waals surface area contributed by atoms with Crippen molar-refractivity contribution in [2.45, 2.75) is 24.7 Å². The standard InChI is InChI=1S/C16H17FN2O3S2/c1-11-15(24(21,22)19-7-2-3-8-19)10-14(23-11)16(20)18-13-6-4-5-12(17)9-13/h4-6,9-10H,2-3,7-8H2,1H3,(H,18,20). The molecule has 0 saturated carbocycles. The van der Waals surface area contributed by atoms with Crippen LogP contribution in [0.5, 0.6) is 0 Å². The van der Waals surface area contributed by atoms with Crippen molar-refractivity contribution in [1.82, 2.24) is 4.31 Å². The maximum Gasteiger partial charge on any atom is 0.265 e. The van der Waals surface area contributed by atoms with E-state index >= 15 is 0 Å². The Labute approximate surface area is 144 Å². The molecule has 1 aromatic carbocycles. The molecule has 0 spiro atoms. The van der Waals surface area contributed by atoms with Gasteiger partial charge >= 0.3 is 0 Å². The highest BCUT2D eigenvalue weighted by molar-refractivity contribution is 7.89. The van der Waals surface area contributed by atoms with E-state index in [9.17, 15) is 17.6 Å². The summed E-state index contributed by atoms with van der Waals surface area (Å²) in [5.74, 6) is -0.899. The molecule has 3 rings (SSSR count). The summed E-state index contributed by atoms with van der Waals surface area (Å²) in [7, 11) is -3.56. The summed E-state index contributed by atoms with van der Waals surface area (Å²) in [6.07, 6.45) is 1.71. The maximum atomic E-state index is 13.2. The summed E-state index contributed by atoms with van der Waals surface area (Å²) < 4.78 is 39.9. The van der Waals surface area contributed by atoms with Crippen molar-refractivity contribution in [3.05, 3.63) is 45.9 Å². The van der Waals surface area contributed by atoms with Gasteiger partial charge in [0.05, 0.1) is 9.77 Å². The molecule has 2 aromatic rings. The fourth-order valence-electron chi connectivity index (χ4n) is 2.66. The van der Waals surface area contributed by atoms with Crippen LogP contribution in [0.3, 0.4) is 0 Å². The number of sulfonamides is 1. The number of nitrogens with one attached hydrogen (secondary N) is 1. The third kappa shape index (κ3) is 3.35. The molecule has 128 valence electrons. The zero-order valence-electron chi connectivity index (χ0n) is 13.1. The molecule has 24 heavy (non-hydrogen) atoms. The zero-order chi connectivity index (χ0) is 17.3. The second kappa shape index (κ2) is 6.62. The molecule has 0 aliphatic carbocycles. The summed E-state index contributed by atoms with van der Waals surface area (Å²) in [4.78, 5) is 13.3. The summed E-state index contributed by atoms with van der Waals surface area (Å²) in [5, 5.41) is 2.58. The number of aryl methyl sites for hydroxylation is 1. The molecule has 1 aromatic heterocycles. The number of hydrogen-bond acceptors (Lipinski definition) is 4. The zero-order valence-corrected chi connectivity index (χ0v) is 14.7. The van der Waals surface area contributed by atoms with E-state index in [-0.39, 0.29) is 9.77 Å². The third-order valence-corrected chi connectivity index (χ3v) is 7.06. The average Bonchev–Trinajstić information content (AvgIpc) is 3.17. The van der Waals surface area contributed by atoms with Gasteiger partial charge in [-0.25, -0.2) is 12.8 Å². The number of nitrogens with zero attached hydrogens (tertiary/aromatic N) is 1. The van der Waals surface area contributed by atoms with Crippen LogP contribution < -0.4 is 5.32 Å². The van der Waals surface area contributed by atoms with Gasteiger partial charge in [-0.3, -0.25) is 4.79 Å². The van der Waals surface area contributed by atoms with Crippen molar-refractivity contribution >= 4 is 33.0 Å². The van der Waals surface area contributed by atoms with Gasteiger partial charge in [-0.15, -0.1) is 11.3 Å². The molecule has 5 nitrogen and oxygen atoms in total. The Balaban J connectivity index is 1.84. The van der Waals surface area contributed by atoms with Crippen LogP contribution in [-0.4, -0.2) is 31.7 Å².